The Balaban J connectivity index is 1.41. The third-order valence-corrected chi connectivity index (χ3v) is 5.13. The fourth-order valence-corrected chi connectivity index (χ4v) is 3.25. The number of para-hydroxylation sites is 1. The number of hydrogen-bond donors (Lipinski definition) is 0. The van der Waals surface area contributed by atoms with E-state index in [2.05, 4.69) is 30.9 Å². The fraction of sp³-hybridized carbons (Fsp3) is 0.417. The molecule has 1 aliphatic heterocycles. The van der Waals surface area contributed by atoms with Crippen LogP contribution in [0, 0.1) is 5.92 Å². The molecule has 0 radical (unpaired) electrons. The average Bonchev–Trinajstić information content (AvgIpc) is 2.78. The van der Waals surface area contributed by atoms with Gasteiger partial charge in [-0.15, -0.1) is 0 Å². The predicted molar refractivity (Wildman–Crippen MR) is 117 cm³/mol. The molecule has 0 spiro atoms. The number of esters is 1. The molecule has 0 saturated carbocycles. The largest absolute Gasteiger partial charge is 0.494 e. The molecule has 30 heavy (non-hydrogen) atoms. The number of hydrogen-bond acceptors (Lipinski definition) is 5. The molecule has 0 bridgehead atoms. The van der Waals surface area contributed by atoms with E-state index in [9.17, 15) is 9.59 Å². The molecule has 160 valence electrons. The molecule has 0 atom stereocenters. The van der Waals surface area contributed by atoms with Crippen LogP contribution in [0.4, 0.5) is 5.69 Å². The van der Waals surface area contributed by atoms with Crippen LogP contribution in [0.3, 0.4) is 0 Å². The third-order valence-electron chi connectivity index (χ3n) is 5.13. The van der Waals surface area contributed by atoms with Crippen LogP contribution in [-0.2, 0) is 9.53 Å². The number of ether oxygens (including phenoxy) is 2. The standard InChI is InChI=1S/C24H30N2O4/c1-19(2)12-17-29-22-10-8-20(9-11-22)24(28)30-18-23(27)26-15-13-25(14-16-26)21-6-4-3-5-7-21/h3-11,19H,12-18H2,1-2H3. The number of nitrogens with zero attached hydrogens (tertiary/aromatic N) is 2. The van der Waals surface area contributed by atoms with Crippen LogP contribution >= 0.6 is 0 Å². The Hall–Kier alpha value is -3.02. The van der Waals surface area contributed by atoms with Gasteiger partial charge in [0.05, 0.1) is 12.2 Å². The van der Waals surface area contributed by atoms with Gasteiger partial charge in [-0.2, -0.15) is 0 Å². The molecular weight excluding hydrogens is 380 g/mol. The van der Waals surface area contributed by atoms with Gasteiger partial charge in [-0.25, -0.2) is 4.79 Å². The van der Waals surface area contributed by atoms with E-state index in [4.69, 9.17) is 9.47 Å². The molecule has 1 heterocycles. The molecule has 1 aliphatic rings. The Kier molecular flexibility index (Phi) is 7.71. The first-order chi connectivity index (χ1) is 14.5. The van der Waals surface area contributed by atoms with Gasteiger partial charge >= 0.3 is 5.97 Å². The van der Waals surface area contributed by atoms with E-state index in [0.29, 0.717) is 31.2 Å². The fourth-order valence-electron chi connectivity index (χ4n) is 3.25. The van der Waals surface area contributed by atoms with E-state index in [0.717, 1.165) is 30.9 Å². The highest BCUT2D eigenvalue weighted by molar-refractivity contribution is 5.91. The molecule has 0 unspecified atom stereocenters. The van der Waals surface area contributed by atoms with Gasteiger partial charge in [-0.1, -0.05) is 32.0 Å². The zero-order valence-electron chi connectivity index (χ0n) is 17.8. The Morgan fingerprint density at radius 3 is 2.23 bits per heavy atom. The molecular formula is C24H30N2O4. The van der Waals surface area contributed by atoms with Crippen LogP contribution < -0.4 is 9.64 Å². The summed E-state index contributed by atoms with van der Waals surface area (Å²) in [5, 5.41) is 0. The molecule has 1 fully saturated rings. The van der Waals surface area contributed by atoms with E-state index >= 15 is 0 Å². The van der Waals surface area contributed by atoms with Crippen molar-refractivity contribution in [2.24, 2.45) is 5.92 Å². The highest BCUT2D eigenvalue weighted by Gasteiger charge is 2.22. The minimum Gasteiger partial charge on any atom is -0.494 e. The summed E-state index contributed by atoms with van der Waals surface area (Å²) in [5.74, 6) is 0.641. The van der Waals surface area contributed by atoms with Crippen LogP contribution in [0.25, 0.3) is 0 Å². The summed E-state index contributed by atoms with van der Waals surface area (Å²) in [6.07, 6.45) is 0.978. The molecule has 0 aliphatic carbocycles. The van der Waals surface area contributed by atoms with E-state index < -0.39 is 5.97 Å². The maximum absolute atomic E-state index is 12.4. The maximum Gasteiger partial charge on any atom is 0.338 e. The van der Waals surface area contributed by atoms with Gasteiger partial charge in [-0.05, 0) is 48.7 Å². The van der Waals surface area contributed by atoms with Crippen molar-refractivity contribution in [3.05, 3.63) is 60.2 Å². The van der Waals surface area contributed by atoms with Crippen molar-refractivity contribution in [1.82, 2.24) is 4.90 Å². The Morgan fingerprint density at radius 1 is 0.933 bits per heavy atom. The highest BCUT2D eigenvalue weighted by Crippen LogP contribution is 2.16. The summed E-state index contributed by atoms with van der Waals surface area (Å²) in [5.41, 5.74) is 1.57. The Morgan fingerprint density at radius 2 is 1.60 bits per heavy atom. The predicted octanol–water partition coefficient (Wildman–Crippen LogP) is 3.62. The van der Waals surface area contributed by atoms with Gasteiger partial charge in [-0.3, -0.25) is 4.79 Å². The molecule has 2 aromatic rings. The van der Waals surface area contributed by atoms with Gasteiger partial charge < -0.3 is 19.3 Å². The summed E-state index contributed by atoms with van der Waals surface area (Å²) in [7, 11) is 0. The summed E-state index contributed by atoms with van der Waals surface area (Å²) in [6.45, 7) is 7.47. The van der Waals surface area contributed by atoms with E-state index in [1.54, 1.807) is 29.2 Å². The van der Waals surface area contributed by atoms with Crippen LogP contribution in [0.2, 0.25) is 0 Å². The van der Waals surface area contributed by atoms with Crippen molar-refractivity contribution in [1.29, 1.82) is 0 Å². The van der Waals surface area contributed by atoms with Gasteiger partial charge in [0.1, 0.15) is 5.75 Å². The first-order valence-corrected chi connectivity index (χ1v) is 10.5. The molecule has 0 N–H and O–H groups in total. The van der Waals surface area contributed by atoms with Crippen LogP contribution in [0.15, 0.2) is 54.6 Å². The zero-order chi connectivity index (χ0) is 21.3. The number of benzene rings is 2. The molecule has 1 saturated heterocycles. The van der Waals surface area contributed by atoms with Gasteiger partial charge in [0.15, 0.2) is 6.61 Å². The van der Waals surface area contributed by atoms with Crippen molar-refractivity contribution >= 4 is 17.6 Å². The number of carbonyl (C=O) groups is 2. The van der Waals surface area contributed by atoms with Gasteiger partial charge in [0.25, 0.3) is 5.91 Å². The van der Waals surface area contributed by atoms with Crippen molar-refractivity contribution in [3.8, 4) is 5.75 Å². The minimum absolute atomic E-state index is 0.162. The van der Waals surface area contributed by atoms with Crippen molar-refractivity contribution < 1.29 is 19.1 Å². The number of carbonyl (C=O) groups excluding carboxylic acids is 2. The van der Waals surface area contributed by atoms with Crippen molar-refractivity contribution in [2.45, 2.75) is 20.3 Å². The topological polar surface area (TPSA) is 59.1 Å². The highest BCUT2D eigenvalue weighted by atomic mass is 16.5. The first-order valence-electron chi connectivity index (χ1n) is 10.5. The molecule has 2 aromatic carbocycles. The second kappa shape index (κ2) is 10.7. The molecule has 3 rings (SSSR count). The van der Waals surface area contributed by atoms with E-state index in [-0.39, 0.29) is 12.5 Å². The number of anilines is 1. The van der Waals surface area contributed by atoms with Gasteiger partial charge in [0, 0.05) is 31.9 Å². The normalized spacial score (nSPS) is 14.0. The van der Waals surface area contributed by atoms with E-state index in [1.807, 2.05) is 18.2 Å². The number of amides is 1. The first kappa shape index (κ1) is 21.7. The second-order valence-electron chi connectivity index (χ2n) is 7.83. The number of piperazine rings is 1. The molecule has 0 aromatic heterocycles. The van der Waals surface area contributed by atoms with Crippen molar-refractivity contribution in [2.75, 3.05) is 44.3 Å². The van der Waals surface area contributed by atoms with Crippen LogP contribution in [-0.4, -0.2) is 56.2 Å². The average molecular weight is 411 g/mol. The smallest absolute Gasteiger partial charge is 0.338 e. The zero-order valence-corrected chi connectivity index (χ0v) is 17.8. The summed E-state index contributed by atoms with van der Waals surface area (Å²) >= 11 is 0. The third kappa shape index (κ3) is 6.24. The second-order valence-corrected chi connectivity index (χ2v) is 7.83. The lowest BCUT2D eigenvalue weighted by Crippen LogP contribution is -2.49. The minimum atomic E-state index is -0.500. The Bertz CT molecular complexity index is 813. The summed E-state index contributed by atoms with van der Waals surface area (Å²) in [4.78, 5) is 28.7. The van der Waals surface area contributed by atoms with Gasteiger partial charge in [0.2, 0.25) is 0 Å². The lowest BCUT2D eigenvalue weighted by atomic mass is 10.1. The SMILES string of the molecule is CC(C)CCOc1ccc(C(=O)OCC(=O)N2CCN(c3ccccc3)CC2)cc1. The lowest BCUT2D eigenvalue weighted by molar-refractivity contribution is -0.134. The monoisotopic (exact) mass is 410 g/mol. The molecule has 6 heteroatoms. The molecule has 1 amide bonds. The molecule has 6 nitrogen and oxygen atoms in total. The van der Waals surface area contributed by atoms with Crippen molar-refractivity contribution in [3.63, 3.8) is 0 Å². The van der Waals surface area contributed by atoms with Crippen LogP contribution in [0.5, 0.6) is 5.75 Å². The van der Waals surface area contributed by atoms with E-state index in [1.165, 1.54) is 0 Å². The summed E-state index contributed by atoms with van der Waals surface area (Å²) in [6, 6.07) is 17.0. The maximum atomic E-state index is 12.4. The Labute approximate surface area is 178 Å². The summed E-state index contributed by atoms with van der Waals surface area (Å²) < 4.78 is 10.9. The lowest BCUT2D eigenvalue weighted by Gasteiger charge is -2.36. The number of rotatable bonds is 8. The quantitative estimate of drug-likeness (QED) is 0.622. The van der Waals surface area contributed by atoms with Crippen LogP contribution in [0.1, 0.15) is 30.6 Å².